The van der Waals surface area contributed by atoms with Crippen LogP contribution in [0.25, 0.3) is 0 Å². The van der Waals surface area contributed by atoms with Crippen molar-refractivity contribution >= 4 is 22.9 Å². The summed E-state index contributed by atoms with van der Waals surface area (Å²) in [4.78, 5) is -0.0168. The maximum Gasteiger partial charge on any atom is 0.150 e. The standard InChI is InChI=1S/C12H16F2N2S/c1-3-8(4-2)16-11-9(13)5-7(12(15)17)6-10(11)14/h5-6,8,16H,3-4H2,1-2H3,(H2,15,17). The van der Waals surface area contributed by atoms with Crippen LogP contribution in [-0.4, -0.2) is 11.0 Å². The maximum atomic E-state index is 13.7. The summed E-state index contributed by atoms with van der Waals surface area (Å²) in [5.74, 6) is -1.33. The molecule has 1 rings (SSSR count). The van der Waals surface area contributed by atoms with Gasteiger partial charge in [-0.15, -0.1) is 0 Å². The van der Waals surface area contributed by atoms with E-state index in [4.69, 9.17) is 5.73 Å². The Bertz CT molecular complexity index is 394. The van der Waals surface area contributed by atoms with Gasteiger partial charge in [0.25, 0.3) is 0 Å². The fraction of sp³-hybridized carbons (Fsp3) is 0.417. The molecule has 5 heteroatoms. The molecule has 0 saturated heterocycles. The quantitative estimate of drug-likeness (QED) is 0.796. The minimum atomic E-state index is -0.667. The molecule has 0 spiro atoms. The molecule has 0 amide bonds. The Kier molecular flexibility index (Phi) is 4.81. The van der Waals surface area contributed by atoms with Crippen molar-refractivity contribution in [1.29, 1.82) is 0 Å². The van der Waals surface area contributed by atoms with Crippen molar-refractivity contribution in [2.75, 3.05) is 5.32 Å². The average Bonchev–Trinajstić information content (AvgIpc) is 2.28. The van der Waals surface area contributed by atoms with Crippen LogP contribution in [-0.2, 0) is 0 Å². The Labute approximate surface area is 105 Å². The molecular formula is C12H16F2N2S. The molecule has 0 heterocycles. The van der Waals surface area contributed by atoms with E-state index in [2.05, 4.69) is 17.5 Å². The first-order valence-corrected chi connectivity index (χ1v) is 5.95. The van der Waals surface area contributed by atoms with E-state index < -0.39 is 11.6 Å². The van der Waals surface area contributed by atoms with E-state index in [0.29, 0.717) is 0 Å². The highest BCUT2D eigenvalue weighted by atomic mass is 32.1. The molecule has 0 fully saturated rings. The minimum Gasteiger partial charge on any atom is -0.389 e. The SMILES string of the molecule is CCC(CC)Nc1c(F)cc(C(N)=S)cc1F. The number of hydrogen-bond acceptors (Lipinski definition) is 2. The Morgan fingerprint density at radius 2 is 1.76 bits per heavy atom. The number of nitrogens with one attached hydrogen (secondary N) is 1. The predicted octanol–water partition coefficient (Wildman–Crippen LogP) is 3.20. The van der Waals surface area contributed by atoms with Crippen LogP contribution in [0.2, 0.25) is 0 Å². The van der Waals surface area contributed by atoms with Crippen LogP contribution in [0, 0.1) is 11.6 Å². The first-order chi connectivity index (χ1) is 7.99. The van der Waals surface area contributed by atoms with Crippen LogP contribution in [0.4, 0.5) is 14.5 Å². The third kappa shape index (κ3) is 3.36. The number of hydrogen-bond donors (Lipinski definition) is 2. The van der Waals surface area contributed by atoms with Crippen molar-refractivity contribution in [3.63, 3.8) is 0 Å². The number of benzene rings is 1. The van der Waals surface area contributed by atoms with Crippen LogP contribution in [0.5, 0.6) is 0 Å². The highest BCUT2D eigenvalue weighted by molar-refractivity contribution is 7.80. The molecule has 1 aromatic rings. The molecule has 0 saturated carbocycles. The van der Waals surface area contributed by atoms with Crippen molar-refractivity contribution in [2.24, 2.45) is 5.73 Å². The third-order valence-corrected chi connectivity index (χ3v) is 2.90. The van der Waals surface area contributed by atoms with Gasteiger partial charge in [0.2, 0.25) is 0 Å². The second-order valence-corrected chi connectivity index (χ2v) is 4.28. The number of anilines is 1. The van der Waals surface area contributed by atoms with Gasteiger partial charge in [0.15, 0.2) is 0 Å². The van der Waals surface area contributed by atoms with Crippen LogP contribution in [0.1, 0.15) is 32.3 Å². The number of rotatable bonds is 5. The lowest BCUT2D eigenvalue weighted by Gasteiger charge is -2.17. The summed E-state index contributed by atoms with van der Waals surface area (Å²) in [7, 11) is 0. The molecule has 1 aromatic carbocycles. The minimum absolute atomic E-state index is 0.0168. The molecule has 94 valence electrons. The first-order valence-electron chi connectivity index (χ1n) is 5.54. The van der Waals surface area contributed by atoms with Gasteiger partial charge in [-0.1, -0.05) is 26.1 Å². The maximum absolute atomic E-state index is 13.7. The molecule has 0 bridgehead atoms. The molecule has 3 N–H and O–H groups in total. The number of thiocarbonyl (C=S) groups is 1. The van der Waals surface area contributed by atoms with Crippen molar-refractivity contribution in [2.45, 2.75) is 32.7 Å². The second-order valence-electron chi connectivity index (χ2n) is 3.84. The van der Waals surface area contributed by atoms with Gasteiger partial charge in [0, 0.05) is 11.6 Å². The Hall–Kier alpha value is -1.23. The van der Waals surface area contributed by atoms with Gasteiger partial charge in [0.1, 0.15) is 22.3 Å². The van der Waals surface area contributed by atoms with E-state index in [9.17, 15) is 8.78 Å². The second kappa shape index (κ2) is 5.91. The Morgan fingerprint density at radius 1 is 1.29 bits per heavy atom. The summed E-state index contributed by atoms with van der Waals surface area (Å²) in [6.07, 6.45) is 1.60. The third-order valence-electron chi connectivity index (χ3n) is 2.66. The van der Waals surface area contributed by atoms with Crippen LogP contribution < -0.4 is 11.1 Å². The summed E-state index contributed by atoms with van der Waals surface area (Å²) in [5, 5.41) is 2.85. The molecule has 0 atom stereocenters. The monoisotopic (exact) mass is 258 g/mol. The molecule has 0 aromatic heterocycles. The van der Waals surface area contributed by atoms with Crippen molar-refractivity contribution in [3.05, 3.63) is 29.3 Å². The van der Waals surface area contributed by atoms with Gasteiger partial charge in [-0.2, -0.15) is 0 Å². The van der Waals surface area contributed by atoms with Gasteiger partial charge in [0.05, 0.1) is 0 Å². The highest BCUT2D eigenvalue weighted by Gasteiger charge is 2.14. The summed E-state index contributed by atoms with van der Waals surface area (Å²) < 4.78 is 27.4. The van der Waals surface area contributed by atoms with E-state index >= 15 is 0 Å². The zero-order valence-corrected chi connectivity index (χ0v) is 10.7. The van der Waals surface area contributed by atoms with Crippen molar-refractivity contribution in [3.8, 4) is 0 Å². The molecule has 0 unspecified atom stereocenters. The normalized spacial score (nSPS) is 10.6. The fourth-order valence-electron chi connectivity index (χ4n) is 1.55. The highest BCUT2D eigenvalue weighted by Crippen LogP contribution is 2.22. The summed E-state index contributed by atoms with van der Waals surface area (Å²) in [6, 6.07) is 2.35. The van der Waals surface area contributed by atoms with Crippen LogP contribution >= 0.6 is 12.2 Å². The lowest BCUT2D eigenvalue weighted by atomic mass is 10.1. The molecule has 2 nitrogen and oxygen atoms in total. The smallest absolute Gasteiger partial charge is 0.150 e. The van der Waals surface area contributed by atoms with E-state index in [1.54, 1.807) is 0 Å². The summed E-state index contributed by atoms with van der Waals surface area (Å²) in [6.45, 7) is 3.92. The predicted molar refractivity (Wildman–Crippen MR) is 70.2 cm³/mol. The van der Waals surface area contributed by atoms with E-state index in [-0.39, 0.29) is 22.3 Å². The molecule has 0 radical (unpaired) electrons. The van der Waals surface area contributed by atoms with E-state index in [0.717, 1.165) is 25.0 Å². The molecule has 0 aliphatic carbocycles. The van der Waals surface area contributed by atoms with Gasteiger partial charge >= 0.3 is 0 Å². The van der Waals surface area contributed by atoms with Gasteiger partial charge in [-0.3, -0.25) is 0 Å². The van der Waals surface area contributed by atoms with Crippen molar-refractivity contribution in [1.82, 2.24) is 0 Å². The molecule has 0 aliphatic rings. The zero-order chi connectivity index (χ0) is 13.0. The van der Waals surface area contributed by atoms with Crippen LogP contribution in [0.15, 0.2) is 12.1 Å². The van der Waals surface area contributed by atoms with Crippen molar-refractivity contribution < 1.29 is 8.78 Å². The fourth-order valence-corrected chi connectivity index (χ4v) is 1.67. The van der Waals surface area contributed by atoms with Gasteiger partial charge in [-0.05, 0) is 25.0 Å². The van der Waals surface area contributed by atoms with E-state index in [1.165, 1.54) is 0 Å². The lowest BCUT2D eigenvalue weighted by Crippen LogP contribution is -2.19. The number of nitrogens with two attached hydrogens (primary N) is 1. The average molecular weight is 258 g/mol. The first kappa shape index (κ1) is 13.8. The Balaban J connectivity index is 3.05. The van der Waals surface area contributed by atoms with E-state index in [1.807, 2.05) is 13.8 Å². The number of halogens is 2. The molecule has 0 aliphatic heterocycles. The van der Waals surface area contributed by atoms with Gasteiger partial charge < -0.3 is 11.1 Å². The van der Waals surface area contributed by atoms with Gasteiger partial charge in [-0.25, -0.2) is 8.78 Å². The Morgan fingerprint density at radius 3 is 2.12 bits per heavy atom. The largest absolute Gasteiger partial charge is 0.389 e. The zero-order valence-electron chi connectivity index (χ0n) is 9.89. The summed E-state index contributed by atoms with van der Waals surface area (Å²) >= 11 is 4.68. The molecule has 17 heavy (non-hydrogen) atoms. The topological polar surface area (TPSA) is 38.0 Å². The lowest BCUT2D eigenvalue weighted by molar-refractivity contribution is 0.574. The van der Waals surface area contributed by atoms with Crippen LogP contribution in [0.3, 0.4) is 0 Å². The summed E-state index contributed by atoms with van der Waals surface area (Å²) in [5.41, 5.74) is 5.42. The molecular weight excluding hydrogens is 242 g/mol.